The highest BCUT2D eigenvalue weighted by Gasteiger charge is 2.44. The van der Waals surface area contributed by atoms with Gasteiger partial charge in [-0.15, -0.1) is 0 Å². The zero-order valence-electron chi connectivity index (χ0n) is 26.7. The molecule has 0 N–H and O–H groups in total. The molecule has 2 fully saturated rings. The van der Waals surface area contributed by atoms with Gasteiger partial charge in [0.15, 0.2) is 5.82 Å². The SMILES string of the molecule is C=N/C=C(C)\C=C/CC1(C)Cc2cccc(N3CCN(Cc4nc5c(F)cc(C)cc5n4CC4(C#N)CC4)C(CC)C3)c2C1. The molecule has 1 aliphatic heterocycles. The van der Waals surface area contributed by atoms with Crippen molar-refractivity contribution < 1.29 is 4.39 Å². The lowest BCUT2D eigenvalue weighted by Crippen LogP contribution is -2.53. The Balaban J connectivity index is 1.20. The summed E-state index contributed by atoms with van der Waals surface area (Å²) in [5.41, 5.74) is 7.46. The zero-order valence-corrected chi connectivity index (χ0v) is 26.7. The predicted molar refractivity (Wildman–Crippen MR) is 177 cm³/mol. The molecule has 230 valence electrons. The summed E-state index contributed by atoms with van der Waals surface area (Å²) >= 11 is 0. The summed E-state index contributed by atoms with van der Waals surface area (Å²) in [6.07, 6.45) is 12.3. The number of aromatic nitrogens is 2. The van der Waals surface area contributed by atoms with E-state index in [9.17, 15) is 5.26 Å². The van der Waals surface area contributed by atoms with E-state index in [-0.39, 0.29) is 16.6 Å². The maximum absolute atomic E-state index is 15.1. The molecule has 3 aromatic rings. The van der Waals surface area contributed by atoms with Crippen LogP contribution < -0.4 is 4.90 Å². The van der Waals surface area contributed by atoms with E-state index < -0.39 is 0 Å². The fourth-order valence-corrected chi connectivity index (χ4v) is 7.40. The van der Waals surface area contributed by atoms with Crippen LogP contribution in [0.2, 0.25) is 0 Å². The molecular formula is C37H45FN6. The van der Waals surface area contributed by atoms with Gasteiger partial charge >= 0.3 is 0 Å². The normalized spacial score (nSPS) is 23.3. The van der Waals surface area contributed by atoms with Crippen LogP contribution in [0.25, 0.3) is 11.0 Å². The monoisotopic (exact) mass is 592 g/mol. The van der Waals surface area contributed by atoms with Crippen LogP contribution >= 0.6 is 0 Å². The third kappa shape index (κ3) is 5.97. The number of aryl methyl sites for hydroxylation is 1. The fraction of sp³-hybridized carbons (Fsp3) is 0.486. The summed E-state index contributed by atoms with van der Waals surface area (Å²) in [6, 6.07) is 13.3. The molecule has 0 spiro atoms. The van der Waals surface area contributed by atoms with Gasteiger partial charge < -0.3 is 9.47 Å². The number of piperazine rings is 1. The molecule has 2 aliphatic carbocycles. The summed E-state index contributed by atoms with van der Waals surface area (Å²) in [5, 5.41) is 9.86. The third-order valence-corrected chi connectivity index (χ3v) is 10.1. The number of nitriles is 1. The zero-order chi connectivity index (χ0) is 31.1. The molecule has 1 aromatic heterocycles. The highest BCUT2D eigenvalue weighted by Crippen LogP contribution is 2.47. The number of hydrogen-bond acceptors (Lipinski definition) is 5. The molecule has 6 rings (SSSR count). The lowest BCUT2D eigenvalue weighted by Gasteiger charge is -2.43. The van der Waals surface area contributed by atoms with Crippen molar-refractivity contribution in [2.75, 3.05) is 24.5 Å². The third-order valence-electron chi connectivity index (χ3n) is 10.1. The van der Waals surface area contributed by atoms with Crippen LogP contribution in [0, 0.1) is 34.9 Å². The minimum atomic E-state index is -0.345. The lowest BCUT2D eigenvalue weighted by atomic mass is 9.83. The maximum Gasteiger partial charge on any atom is 0.151 e. The van der Waals surface area contributed by atoms with Gasteiger partial charge in [0.25, 0.3) is 0 Å². The largest absolute Gasteiger partial charge is 0.368 e. The Bertz CT molecular complexity index is 1670. The van der Waals surface area contributed by atoms with Crippen molar-refractivity contribution in [1.82, 2.24) is 14.5 Å². The molecule has 3 aliphatic rings. The van der Waals surface area contributed by atoms with Gasteiger partial charge in [-0.3, -0.25) is 9.89 Å². The van der Waals surface area contributed by atoms with Crippen molar-refractivity contribution in [2.24, 2.45) is 15.8 Å². The molecule has 2 heterocycles. The molecule has 6 nitrogen and oxygen atoms in total. The molecule has 1 saturated heterocycles. The number of allylic oxidation sites excluding steroid dienone is 3. The van der Waals surface area contributed by atoms with Gasteiger partial charge in [-0.25, -0.2) is 9.37 Å². The van der Waals surface area contributed by atoms with Crippen LogP contribution in [-0.4, -0.2) is 46.8 Å². The number of nitrogens with zero attached hydrogens (tertiary/aromatic N) is 6. The van der Waals surface area contributed by atoms with Crippen molar-refractivity contribution in [3.63, 3.8) is 0 Å². The Morgan fingerprint density at radius 3 is 2.80 bits per heavy atom. The standard InChI is InChI=1S/C37H45FN6/c1-6-29-22-43(32-11-7-10-28-19-36(4,20-30(28)32)12-8-9-26(2)21-40-5)16-15-42(29)23-34-41-35-31(38)17-27(3)18-33(35)44(34)25-37(24-39)13-14-37/h7-11,17-18,21,29H,5-6,12-16,19-20,22-23,25H2,1-4H3/b9-8-,26-21-. The summed E-state index contributed by atoms with van der Waals surface area (Å²) < 4.78 is 17.2. The van der Waals surface area contributed by atoms with E-state index in [0.29, 0.717) is 24.6 Å². The summed E-state index contributed by atoms with van der Waals surface area (Å²) in [4.78, 5) is 13.8. The summed E-state index contributed by atoms with van der Waals surface area (Å²) in [7, 11) is 0. The second-order valence-electron chi connectivity index (χ2n) is 13.8. The smallest absolute Gasteiger partial charge is 0.151 e. The topological polar surface area (TPSA) is 60.4 Å². The quantitative estimate of drug-likeness (QED) is 0.180. The molecule has 2 aromatic carbocycles. The first-order chi connectivity index (χ1) is 21.2. The van der Waals surface area contributed by atoms with E-state index in [1.807, 2.05) is 13.0 Å². The van der Waals surface area contributed by atoms with Crippen LogP contribution in [0.1, 0.15) is 69.0 Å². The van der Waals surface area contributed by atoms with Gasteiger partial charge in [0.05, 0.1) is 23.5 Å². The summed E-state index contributed by atoms with van der Waals surface area (Å²) in [6.45, 7) is 16.3. The molecule has 0 radical (unpaired) electrons. The Kier molecular flexibility index (Phi) is 8.24. The number of fused-ring (bicyclic) bond motifs is 2. The average Bonchev–Trinajstić information content (AvgIpc) is 3.58. The van der Waals surface area contributed by atoms with Crippen molar-refractivity contribution in [2.45, 2.75) is 85.4 Å². The molecule has 44 heavy (non-hydrogen) atoms. The van der Waals surface area contributed by atoms with Crippen molar-refractivity contribution in [1.29, 1.82) is 5.26 Å². The van der Waals surface area contributed by atoms with E-state index in [4.69, 9.17) is 4.98 Å². The van der Waals surface area contributed by atoms with E-state index >= 15 is 4.39 Å². The second kappa shape index (κ2) is 12.0. The lowest BCUT2D eigenvalue weighted by molar-refractivity contribution is 0.157. The van der Waals surface area contributed by atoms with Gasteiger partial charge in [0.1, 0.15) is 11.3 Å². The van der Waals surface area contributed by atoms with Gasteiger partial charge in [-0.1, -0.05) is 38.1 Å². The number of halogens is 1. The van der Waals surface area contributed by atoms with Crippen molar-refractivity contribution >= 4 is 23.4 Å². The molecule has 0 bridgehead atoms. The van der Waals surface area contributed by atoms with Gasteiger partial charge in [-0.05, 0) is 105 Å². The van der Waals surface area contributed by atoms with Crippen LogP contribution in [0.3, 0.4) is 0 Å². The van der Waals surface area contributed by atoms with E-state index in [1.165, 1.54) is 16.8 Å². The number of hydrogen-bond donors (Lipinski definition) is 0. The molecule has 1 saturated carbocycles. The Labute approximate surface area is 261 Å². The summed E-state index contributed by atoms with van der Waals surface area (Å²) in [5.74, 6) is 0.593. The number of benzene rings is 2. The van der Waals surface area contributed by atoms with Crippen LogP contribution in [0.5, 0.6) is 0 Å². The predicted octanol–water partition coefficient (Wildman–Crippen LogP) is 7.54. The average molecular weight is 593 g/mol. The van der Waals surface area contributed by atoms with Crippen LogP contribution in [-0.2, 0) is 25.9 Å². The Morgan fingerprint density at radius 2 is 2.07 bits per heavy atom. The van der Waals surface area contributed by atoms with E-state index in [1.54, 1.807) is 12.3 Å². The fourth-order valence-electron chi connectivity index (χ4n) is 7.40. The Hall–Kier alpha value is -3.76. The molecule has 2 atom stereocenters. The first-order valence-corrected chi connectivity index (χ1v) is 16.1. The highest BCUT2D eigenvalue weighted by molar-refractivity contribution is 5.77. The highest BCUT2D eigenvalue weighted by atomic mass is 19.1. The molecular weight excluding hydrogens is 547 g/mol. The molecule has 0 amide bonds. The minimum Gasteiger partial charge on any atom is -0.368 e. The van der Waals surface area contributed by atoms with E-state index in [2.05, 4.69) is 83.3 Å². The Morgan fingerprint density at radius 1 is 1.25 bits per heavy atom. The number of anilines is 1. The van der Waals surface area contributed by atoms with Gasteiger partial charge in [-0.2, -0.15) is 5.26 Å². The minimum absolute atomic E-state index is 0.206. The maximum atomic E-state index is 15.1. The van der Waals surface area contributed by atoms with Crippen LogP contribution in [0.4, 0.5) is 10.1 Å². The van der Waals surface area contributed by atoms with Gasteiger partial charge in [0, 0.05) is 44.1 Å². The number of rotatable bonds is 10. The van der Waals surface area contributed by atoms with Crippen LogP contribution in [0.15, 0.2) is 59.2 Å². The molecule has 7 heteroatoms. The van der Waals surface area contributed by atoms with E-state index in [0.717, 1.165) is 80.6 Å². The van der Waals surface area contributed by atoms with Gasteiger partial charge in [0.2, 0.25) is 0 Å². The first kappa shape index (κ1) is 30.3. The van der Waals surface area contributed by atoms with Crippen molar-refractivity contribution in [3.8, 4) is 6.07 Å². The molecule has 2 unspecified atom stereocenters. The second-order valence-corrected chi connectivity index (χ2v) is 13.8. The first-order valence-electron chi connectivity index (χ1n) is 16.1. The number of aliphatic imine (C=N–C) groups is 1. The number of imidazole rings is 1. The van der Waals surface area contributed by atoms with Crippen molar-refractivity contribution in [3.05, 3.63) is 82.6 Å².